The molecule has 1 aliphatic heterocycles. The number of carbonyl (C=O) groups is 2. The van der Waals surface area contributed by atoms with Crippen LogP contribution in [0.5, 0.6) is 0 Å². The average Bonchev–Trinajstić information content (AvgIpc) is 2.61. The number of benzene rings is 1. The number of rotatable bonds is 6. The smallest absolute Gasteiger partial charge is 0.246 e. The first-order valence-corrected chi connectivity index (χ1v) is 8.32. The fourth-order valence-electron chi connectivity index (χ4n) is 2.64. The summed E-state index contributed by atoms with van der Waals surface area (Å²) in [6, 6.07) is 6.09. The van der Waals surface area contributed by atoms with Crippen molar-refractivity contribution in [2.24, 2.45) is 0 Å². The Morgan fingerprint density at radius 3 is 2.44 bits per heavy atom. The largest absolute Gasteiger partial charge is 0.352 e. The number of halogens is 1. The van der Waals surface area contributed by atoms with Crippen molar-refractivity contribution in [1.29, 1.82) is 0 Å². The van der Waals surface area contributed by atoms with Gasteiger partial charge < -0.3 is 10.2 Å². The maximum atomic E-state index is 13.0. The van der Waals surface area contributed by atoms with Gasteiger partial charge in [-0.1, -0.05) is 18.2 Å². The maximum Gasteiger partial charge on any atom is 0.246 e. The highest BCUT2D eigenvalue weighted by Crippen LogP contribution is 2.15. The van der Waals surface area contributed by atoms with E-state index in [4.69, 9.17) is 0 Å². The lowest BCUT2D eigenvalue weighted by atomic mass is 10.1. The number of carbonyl (C=O) groups excluding carboxylic acids is 2. The van der Waals surface area contributed by atoms with Crippen molar-refractivity contribution in [2.75, 3.05) is 39.3 Å². The van der Waals surface area contributed by atoms with E-state index in [1.54, 1.807) is 29.2 Å². The van der Waals surface area contributed by atoms with Crippen LogP contribution in [0.25, 0.3) is 5.57 Å². The van der Waals surface area contributed by atoms with Gasteiger partial charge in [-0.2, -0.15) is 0 Å². The molecule has 0 atom stereocenters. The fraction of sp³-hybridized carbons (Fsp3) is 0.368. The number of nitrogens with zero attached hydrogens (tertiary/aromatic N) is 2. The summed E-state index contributed by atoms with van der Waals surface area (Å²) in [5, 5.41) is 2.75. The second kappa shape index (κ2) is 9.13. The summed E-state index contributed by atoms with van der Waals surface area (Å²) >= 11 is 0. The molecule has 5 nitrogen and oxygen atoms in total. The molecule has 134 valence electrons. The van der Waals surface area contributed by atoms with Crippen LogP contribution in [0.3, 0.4) is 0 Å². The third kappa shape index (κ3) is 5.83. The van der Waals surface area contributed by atoms with Crippen molar-refractivity contribution >= 4 is 17.4 Å². The van der Waals surface area contributed by atoms with Crippen LogP contribution in [0.15, 0.2) is 43.0 Å². The van der Waals surface area contributed by atoms with Crippen LogP contribution < -0.4 is 5.32 Å². The maximum absolute atomic E-state index is 13.0. The van der Waals surface area contributed by atoms with Gasteiger partial charge in [-0.3, -0.25) is 14.5 Å². The monoisotopic (exact) mass is 345 g/mol. The summed E-state index contributed by atoms with van der Waals surface area (Å²) < 4.78 is 13.0. The van der Waals surface area contributed by atoms with E-state index in [1.807, 2.05) is 11.8 Å². The summed E-state index contributed by atoms with van der Waals surface area (Å²) in [5.41, 5.74) is 1.63. The number of hydrogen-bond acceptors (Lipinski definition) is 3. The molecule has 0 spiro atoms. The fourth-order valence-corrected chi connectivity index (χ4v) is 2.64. The van der Waals surface area contributed by atoms with Crippen molar-refractivity contribution in [3.8, 4) is 0 Å². The lowest BCUT2D eigenvalue weighted by Gasteiger charge is -2.33. The molecule has 25 heavy (non-hydrogen) atoms. The molecule has 0 unspecified atom stereocenters. The number of amides is 2. The summed E-state index contributed by atoms with van der Waals surface area (Å²) in [7, 11) is 0. The number of hydrogen-bond donors (Lipinski definition) is 1. The van der Waals surface area contributed by atoms with Gasteiger partial charge in [0.05, 0.1) is 6.54 Å². The molecular formula is C19H24FN3O2. The first-order chi connectivity index (χ1) is 12.0. The van der Waals surface area contributed by atoms with Crippen LogP contribution in [-0.2, 0) is 9.59 Å². The number of nitrogens with one attached hydrogen (secondary N) is 1. The molecular weight excluding hydrogens is 321 g/mol. The lowest BCUT2D eigenvalue weighted by Crippen LogP contribution is -2.50. The zero-order valence-electron chi connectivity index (χ0n) is 14.5. The van der Waals surface area contributed by atoms with Crippen molar-refractivity contribution in [2.45, 2.75) is 6.92 Å². The zero-order valence-corrected chi connectivity index (χ0v) is 14.5. The van der Waals surface area contributed by atoms with Gasteiger partial charge in [-0.25, -0.2) is 4.39 Å². The Morgan fingerprint density at radius 2 is 1.84 bits per heavy atom. The van der Waals surface area contributed by atoms with Crippen molar-refractivity contribution in [3.63, 3.8) is 0 Å². The van der Waals surface area contributed by atoms with Crippen LogP contribution in [-0.4, -0.2) is 60.9 Å². The highest BCUT2D eigenvalue weighted by Gasteiger charge is 2.21. The molecule has 1 heterocycles. The molecule has 1 saturated heterocycles. The summed E-state index contributed by atoms with van der Waals surface area (Å²) in [4.78, 5) is 27.9. The van der Waals surface area contributed by atoms with Gasteiger partial charge in [0.25, 0.3) is 0 Å². The Balaban J connectivity index is 1.84. The lowest BCUT2D eigenvalue weighted by molar-refractivity contribution is -0.128. The van der Waals surface area contributed by atoms with Crippen LogP contribution in [0.2, 0.25) is 0 Å². The van der Waals surface area contributed by atoms with Gasteiger partial charge in [0, 0.05) is 38.8 Å². The van der Waals surface area contributed by atoms with E-state index in [2.05, 4.69) is 11.9 Å². The van der Waals surface area contributed by atoms with E-state index in [0.717, 1.165) is 11.1 Å². The summed E-state index contributed by atoms with van der Waals surface area (Å²) in [6.07, 6.45) is 3.23. The SMILES string of the molecule is C=CCNC(=O)CN1CCN(C(=O)C=C(C)c2ccc(F)cc2)CC1. The van der Waals surface area contributed by atoms with Gasteiger partial charge in [0.15, 0.2) is 0 Å². The predicted molar refractivity (Wildman–Crippen MR) is 96.3 cm³/mol. The van der Waals surface area contributed by atoms with Crippen LogP contribution >= 0.6 is 0 Å². The van der Waals surface area contributed by atoms with Crippen LogP contribution in [0.1, 0.15) is 12.5 Å². The topological polar surface area (TPSA) is 52.7 Å². The second-order valence-electron chi connectivity index (χ2n) is 6.03. The molecule has 0 saturated carbocycles. The number of piperazine rings is 1. The van der Waals surface area contributed by atoms with Crippen LogP contribution in [0, 0.1) is 5.82 Å². The highest BCUT2D eigenvalue weighted by molar-refractivity contribution is 5.95. The van der Waals surface area contributed by atoms with Gasteiger partial charge in [0.2, 0.25) is 11.8 Å². The van der Waals surface area contributed by atoms with Gasteiger partial charge in [0.1, 0.15) is 5.82 Å². The van der Waals surface area contributed by atoms with E-state index in [0.29, 0.717) is 39.3 Å². The van der Waals surface area contributed by atoms with E-state index in [1.165, 1.54) is 12.1 Å². The molecule has 1 N–H and O–H groups in total. The van der Waals surface area contributed by atoms with Crippen molar-refractivity contribution in [3.05, 3.63) is 54.4 Å². The van der Waals surface area contributed by atoms with E-state index in [9.17, 15) is 14.0 Å². The quantitative estimate of drug-likeness (QED) is 0.630. The Labute approximate surface area is 147 Å². The van der Waals surface area contributed by atoms with E-state index in [-0.39, 0.29) is 17.6 Å². The molecule has 0 bridgehead atoms. The first-order valence-electron chi connectivity index (χ1n) is 8.32. The standard InChI is InChI=1S/C19H24FN3O2/c1-3-8-21-18(24)14-22-9-11-23(12-10-22)19(25)13-15(2)16-4-6-17(20)7-5-16/h3-7,13H,1,8-12,14H2,2H3,(H,21,24). The summed E-state index contributed by atoms with van der Waals surface area (Å²) in [6.45, 7) is 8.69. The molecule has 1 aromatic carbocycles. The molecule has 6 heteroatoms. The minimum atomic E-state index is -0.295. The van der Waals surface area contributed by atoms with Gasteiger partial charge in [-0.15, -0.1) is 6.58 Å². The Kier molecular flexibility index (Phi) is 6.89. The Bertz CT molecular complexity index is 647. The molecule has 1 aromatic rings. The molecule has 2 amide bonds. The van der Waals surface area contributed by atoms with Crippen molar-refractivity contribution in [1.82, 2.24) is 15.1 Å². The molecule has 0 aliphatic carbocycles. The minimum absolute atomic E-state index is 0.0354. The summed E-state index contributed by atoms with van der Waals surface area (Å²) in [5.74, 6) is -0.388. The normalized spacial score (nSPS) is 15.8. The van der Waals surface area contributed by atoms with Crippen molar-refractivity contribution < 1.29 is 14.0 Å². The third-order valence-corrected chi connectivity index (χ3v) is 4.13. The molecule has 0 aromatic heterocycles. The first kappa shape index (κ1) is 18.9. The molecule has 1 fully saturated rings. The predicted octanol–water partition coefficient (Wildman–Crippen LogP) is 1.68. The molecule has 2 rings (SSSR count). The number of allylic oxidation sites excluding steroid dienone is 1. The van der Waals surface area contributed by atoms with Crippen LogP contribution in [0.4, 0.5) is 4.39 Å². The minimum Gasteiger partial charge on any atom is -0.352 e. The molecule has 0 radical (unpaired) electrons. The zero-order chi connectivity index (χ0) is 18.2. The van der Waals surface area contributed by atoms with E-state index >= 15 is 0 Å². The highest BCUT2D eigenvalue weighted by atomic mass is 19.1. The average molecular weight is 345 g/mol. The Hall–Kier alpha value is -2.47. The van der Waals surface area contributed by atoms with Gasteiger partial charge in [-0.05, 0) is 30.2 Å². The van der Waals surface area contributed by atoms with Gasteiger partial charge >= 0.3 is 0 Å². The Morgan fingerprint density at radius 1 is 1.20 bits per heavy atom. The van der Waals surface area contributed by atoms with E-state index < -0.39 is 0 Å². The second-order valence-corrected chi connectivity index (χ2v) is 6.03. The third-order valence-electron chi connectivity index (χ3n) is 4.13. The molecule has 1 aliphatic rings.